The number of aromatic nitrogens is 2. The Morgan fingerprint density at radius 2 is 1.86 bits per heavy atom. The number of benzene rings is 3. The van der Waals surface area contributed by atoms with E-state index >= 15 is 0 Å². The number of rotatable bonds is 6. The highest BCUT2D eigenvalue weighted by Gasteiger charge is 2.17. The topological polar surface area (TPSA) is 84.1 Å². The summed E-state index contributed by atoms with van der Waals surface area (Å²) in [5, 5.41) is 3.81. The number of anilines is 1. The van der Waals surface area contributed by atoms with E-state index in [0.717, 1.165) is 29.8 Å². The van der Waals surface area contributed by atoms with Crippen molar-refractivity contribution in [3.63, 3.8) is 0 Å². The number of nitrogens with one attached hydrogen (secondary N) is 2. The Kier molecular flexibility index (Phi) is 5.12. The minimum absolute atomic E-state index is 0.117. The van der Waals surface area contributed by atoms with Crippen molar-refractivity contribution in [1.82, 2.24) is 9.97 Å². The lowest BCUT2D eigenvalue weighted by atomic mass is 10.2. The molecular weight excluding hydrogens is 417 g/mol. The summed E-state index contributed by atoms with van der Waals surface area (Å²) in [7, 11) is -4.07. The first kappa shape index (κ1) is 19.2. The first-order chi connectivity index (χ1) is 13.9. The molecule has 0 bridgehead atoms. The van der Waals surface area contributed by atoms with Crippen LogP contribution in [0.15, 0.2) is 71.6 Å². The lowest BCUT2D eigenvalue weighted by molar-refractivity contribution is 0.486. The lowest BCUT2D eigenvalue weighted by Gasteiger charge is -2.06. The van der Waals surface area contributed by atoms with Gasteiger partial charge in [-0.2, -0.15) is 8.42 Å². The molecule has 0 unspecified atom stereocenters. The predicted octanol–water partition coefficient (Wildman–Crippen LogP) is 4.74. The van der Waals surface area contributed by atoms with Crippen LogP contribution in [-0.2, 0) is 16.7 Å². The van der Waals surface area contributed by atoms with Crippen molar-refractivity contribution in [2.24, 2.45) is 0 Å². The molecule has 0 radical (unpaired) electrons. The van der Waals surface area contributed by atoms with Crippen LogP contribution in [0.2, 0.25) is 5.02 Å². The standard InChI is InChI=1S/C20H15ClFN3O3S/c21-14-3-1-2-13(10-14)12-23-20-24-18-9-6-16(11-19(18)25-20)28-29(26,27)17-7-4-15(22)5-8-17/h1-11H,12H2,(H2,23,24,25). The van der Waals surface area contributed by atoms with E-state index in [2.05, 4.69) is 15.3 Å². The van der Waals surface area contributed by atoms with Gasteiger partial charge >= 0.3 is 10.1 Å². The van der Waals surface area contributed by atoms with Gasteiger partial charge in [-0.3, -0.25) is 0 Å². The zero-order valence-corrected chi connectivity index (χ0v) is 16.5. The Balaban J connectivity index is 1.51. The van der Waals surface area contributed by atoms with Crippen LogP contribution < -0.4 is 9.50 Å². The Bertz CT molecular complexity index is 1270. The smallest absolute Gasteiger partial charge is 0.339 e. The van der Waals surface area contributed by atoms with E-state index in [0.29, 0.717) is 28.5 Å². The molecule has 3 aromatic carbocycles. The quantitative estimate of drug-likeness (QED) is 0.431. The Labute approximate surface area is 171 Å². The van der Waals surface area contributed by atoms with E-state index in [4.69, 9.17) is 15.8 Å². The molecule has 0 saturated carbocycles. The van der Waals surface area contributed by atoms with Crippen molar-refractivity contribution in [1.29, 1.82) is 0 Å². The summed E-state index contributed by atoms with van der Waals surface area (Å²) >= 11 is 5.98. The van der Waals surface area contributed by atoms with Crippen molar-refractivity contribution in [2.75, 3.05) is 5.32 Å². The van der Waals surface area contributed by atoms with E-state index in [1.54, 1.807) is 12.1 Å². The monoisotopic (exact) mass is 431 g/mol. The molecule has 0 aliphatic rings. The molecule has 29 heavy (non-hydrogen) atoms. The molecule has 2 N–H and O–H groups in total. The molecule has 4 aromatic rings. The molecule has 1 aromatic heterocycles. The molecule has 6 nitrogen and oxygen atoms in total. The van der Waals surface area contributed by atoms with Gasteiger partial charge in [-0.1, -0.05) is 23.7 Å². The number of nitrogens with zero attached hydrogens (tertiary/aromatic N) is 1. The fourth-order valence-electron chi connectivity index (χ4n) is 2.73. The summed E-state index contributed by atoms with van der Waals surface area (Å²) in [5.74, 6) is 0.117. The average molecular weight is 432 g/mol. The van der Waals surface area contributed by atoms with Crippen molar-refractivity contribution < 1.29 is 17.0 Å². The molecule has 4 rings (SSSR count). The molecule has 0 saturated heterocycles. The molecule has 0 aliphatic heterocycles. The molecule has 148 valence electrons. The third-order valence-electron chi connectivity index (χ3n) is 4.11. The zero-order chi connectivity index (χ0) is 20.4. The Hall–Kier alpha value is -3.10. The van der Waals surface area contributed by atoms with Gasteiger partial charge in [0.05, 0.1) is 11.0 Å². The van der Waals surface area contributed by atoms with Gasteiger partial charge in [-0.25, -0.2) is 9.37 Å². The van der Waals surface area contributed by atoms with Crippen LogP contribution in [0, 0.1) is 5.82 Å². The number of halogens is 2. The molecular formula is C20H15ClFN3O3S. The van der Waals surface area contributed by atoms with E-state index in [1.807, 2.05) is 18.2 Å². The van der Waals surface area contributed by atoms with E-state index < -0.39 is 15.9 Å². The van der Waals surface area contributed by atoms with Crippen molar-refractivity contribution in [3.8, 4) is 5.75 Å². The number of hydrogen-bond donors (Lipinski definition) is 2. The van der Waals surface area contributed by atoms with Crippen LogP contribution in [-0.4, -0.2) is 18.4 Å². The van der Waals surface area contributed by atoms with Crippen LogP contribution in [0.3, 0.4) is 0 Å². The lowest BCUT2D eigenvalue weighted by Crippen LogP contribution is -2.09. The van der Waals surface area contributed by atoms with Crippen molar-refractivity contribution >= 4 is 38.7 Å². The van der Waals surface area contributed by atoms with Crippen LogP contribution in [0.1, 0.15) is 5.56 Å². The first-order valence-corrected chi connectivity index (χ1v) is 10.4. The fourth-order valence-corrected chi connectivity index (χ4v) is 3.87. The highest BCUT2D eigenvalue weighted by atomic mass is 35.5. The third kappa shape index (κ3) is 4.49. The normalized spacial score (nSPS) is 11.5. The van der Waals surface area contributed by atoms with E-state index in [9.17, 15) is 12.8 Å². The fraction of sp³-hybridized carbons (Fsp3) is 0.0500. The highest BCUT2D eigenvalue weighted by Crippen LogP contribution is 2.24. The summed E-state index contributed by atoms with van der Waals surface area (Å²) in [6.07, 6.45) is 0. The maximum atomic E-state index is 13.0. The summed E-state index contributed by atoms with van der Waals surface area (Å²) in [4.78, 5) is 7.35. The number of fused-ring (bicyclic) bond motifs is 1. The SMILES string of the molecule is O=S(=O)(Oc1ccc2nc(NCc3cccc(Cl)c3)[nH]c2c1)c1ccc(F)cc1. The maximum absolute atomic E-state index is 13.0. The molecule has 0 atom stereocenters. The second-order valence-corrected chi connectivity index (χ2v) is 8.22. The average Bonchev–Trinajstić information content (AvgIpc) is 3.09. The van der Waals surface area contributed by atoms with Gasteiger partial charge in [-0.05, 0) is 54.1 Å². The summed E-state index contributed by atoms with van der Waals surface area (Å²) in [5.41, 5.74) is 2.24. The summed E-state index contributed by atoms with van der Waals surface area (Å²) in [6.45, 7) is 0.517. The van der Waals surface area contributed by atoms with Crippen LogP contribution in [0.4, 0.5) is 10.3 Å². The molecule has 0 fully saturated rings. The summed E-state index contributed by atoms with van der Waals surface area (Å²) in [6, 6.07) is 16.6. The van der Waals surface area contributed by atoms with Crippen LogP contribution in [0.25, 0.3) is 11.0 Å². The van der Waals surface area contributed by atoms with E-state index in [-0.39, 0.29) is 10.6 Å². The van der Waals surface area contributed by atoms with Gasteiger partial charge in [0, 0.05) is 17.6 Å². The van der Waals surface area contributed by atoms with Gasteiger partial charge in [0.1, 0.15) is 16.5 Å². The summed E-state index contributed by atoms with van der Waals surface area (Å²) < 4.78 is 42.9. The van der Waals surface area contributed by atoms with Gasteiger partial charge in [0.25, 0.3) is 0 Å². The molecule has 0 aliphatic carbocycles. The molecule has 1 heterocycles. The second kappa shape index (κ2) is 7.73. The van der Waals surface area contributed by atoms with Crippen molar-refractivity contribution in [2.45, 2.75) is 11.4 Å². The maximum Gasteiger partial charge on any atom is 0.339 e. The van der Waals surface area contributed by atoms with E-state index in [1.165, 1.54) is 12.1 Å². The minimum atomic E-state index is -4.07. The van der Waals surface area contributed by atoms with Gasteiger partial charge in [-0.15, -0.1) is 0 Å². The number of hydrogen-bond acceptors (Lipinski definition) is 5. The van der Waals surface area contributed by atoms with Gasteiger partial charge < -0.3 is 14.5 Å². The number of H-pyrrole nitrogens is 1. The number of aromatic amines is 1. The Morgan fingerprint density at radius 1 is 1.07 bits per heavy atom. The minimum Gasteiger partial charge on any atom is -0.379 e. The van der Waals surface area contributed by atoms with Crippen LogP contribution in [0.5, 0.6) is 5.75 Å². The largest absolute Gasteiger partial charge is 0.379 e. The zero-order valence-electron chi connectivity index (χ0n) is 14.9. The second-order valence-electron chi connectivity index (χ2n) is 6.24. The third-order valence-corrected chi connectivity index (χ3v) is 5.61. The first-order valence-electron chi connectivity index (χ1n) is 8.57. The molecule has 9 heteroatoms. The number of imidazole rings is 1. The highest BCUT2D eigenvalue weighted by molar-refractivity contribution is 7.87. The van der Waals surface area contributed by atoms with Crippen LogP contribution >= 0.6 is 11.6 Å². The van der Waals surface area contributed by atoms with Gasteiger partial charge in [0.2, 0.25) is 5.95 Å². The molecule has 0 spiro atoms. The predicted molar refractivity (Wildman–Crippen MR) is 109 cm³/mol. The Morgan fingerprint density at radius 3 is 2.62 bits per heavy atom. The van der Waals surface area contributed by atoms with Crippen molar-refractivity contribution in [3.05, 3.63) is 83.1 Å². The van der Waals surface area contributed by atoms with Gasteiger partial charge in [0.15, 0.2) is 0 Å². The molecule has 0 amide bonds.